The number of hydrogen-bond donors (Lipinski definition) is 2. The van der Waals surface area contributed by atoms with Crippen molar-refractivity contribution in [3.05, 3.63) is 28.2 Å². The predicted octanol–water partition coefficient (Wildman–Crippen LogP) is 0.509. The molecule has 22 heavy (non-hydrogen) atoms. The van der Waals surface area contributed by atoms with Gasteiger partial charge in [-0.05, 0) is 37.5 Å². The molecule has 1 aliphatic heterocycles. The lowest BCUT2D eigenvalue weighted by molar-refractivity contribution is -0.922. The molecule has 0 spiro atoms. The van der Waals surface area contributed by atoms with E-state index in [0.717, 1.165) is 37.3 Å². The van der Waals surface area contributed by atoms with Crippen molar-refractivity contribution in [1.82, 2.24) is 0 Å². The zero-order chi connectivity index (χ0) is 16.1. The van der Waals surface area contributed by atoms with E-state index >= 15 is 0 Å². The fraction of sp³-hybridized carbons (Fsp3) is 0.467. The van der Waals surface area contributed by atoms with Gasteiger partial charge in [-0.25, -0.2) is 0 Å². The van der Waals surface area contributed by atoms with E-state index < -0.39 is 17.9 Å². The van der Waals surface area contributed by atoms with Crippen LogP contribution in [0.3, 0.4) is 0 Å². The summed E-state index contributed by atoms with van der Waals surface area (Å²) < 4.78 is 0. The fourth-order valence-electron chi connectivity index (χ4n) is 2.73. The van der Waals surface area contributed by atoms with Gasteiger partial charge in [0.05, 0.1) is 36.2 Å². The number of quaternary nitrogens is 1. The molecule has 1 amide bonds. The number of aliphatic carboxylic acids is 1. The van der Waals surface area contributed by atoms with Crippen LogP contribution in [0.5, 0.6) is 0 Å². The summed E-state index contributed by atoms with van der Waals surface area (Å²) in [5.41, 5.74) is 0.418. The van der Waals surface area contributed by atoms with E-state index in [-0.39, 0.29) is 6.42 Å². The van der Waals surface area contributed by atoms with Gasteiger partial charge >= 0.3 is 0 Å². The highest BCUT2D eigenvalue weighted by atomic mass is 35.5. The molecule has 2 rings (SSSR count). The van der Waals surface area contributed by atoms with E-state index in [1.54, 1.807) is 12.1 Å². The van der Waals surface area contributed by atoms with Gasteiger partial charge in [-0.3, -0.25) is 4.79 Å². The highest BCUT2D eigenvalue weighted by Gasteiger charge is 2.28. The molecule has 1 aromatic rings. The summed E-state index contributed by atoms with van der Waals surface area (Å²) in [4.78, 5) is 24.3. The first kappa shape index (κ1) is 17.1. The molecular formula is C15H18Cl2N2O3. The first-order valence-electron chi connectivity index (χ1n) is 7.27. The van der Waals surface area contributed by atoms with Crippen LogP contribution in [-0.4, -0.2) is 31.0 Å². The third-order valence-electron chi connectivity index (χ3n) is 3.87. The van der Waals surface area contributed by atoms with Gasteiger partial charge in [0.2, 0.25) is 5.91 Å². The first-order chi connectivity index (χ1) is 10.5. The van der Waals surface area contributed by atoms with Gasteiger partial charge in [0.15, 0.2) is 0 Å². The average molecular weight is 345 g/mol. The first-order valence-corrected chi connectivity index (χ1v) is 8.03. The number of benzene rings is 1. The third kappa shape index (κ3) is 4.60. The summed E-state index contributed by atoms with van der Waals surface area (Å²) in [6.45, 7) is 1.52. The number of rotatable bonds is 5. The lowest BCUT2D eigenvalue weighted by Crippen LogP contribution is -3.18. The monoisotopic (exact) mass is 344 g/mol. The molecule has 1 heterocycles. The van der Waals surface area contributed by atoms with Crippen LogP contribution in [0, 0.1) is 0 Å². The normalized spacial score (nSPS) is 17.0. The minimum absolute atomic E-state index is 0.128. The second kappa shape index (κ2) is 7.81. The van der Waals surface area contributed by atoms with Crippen LogP contribution in [0.2, 0.25) is 10.0 Å². The number of amides is 1. The van der Waals surface area contributed by atoms with Crippen LogP contribution in [0.15, 0.2) is 18.2 Å². The number of carboxylic acids is 1. The Hall–Kier alpha value is -1.30. The average Bonchev–Trinajstić information content (AvgIpc) is 2.48. The molecule has 120 valence electrons. The second-order valence-electron chi connectivity index (χ2n) is 5.47. The fourth-order valence-corrected chi connectivity index (χ4v) is 3.18. The molecule has 1 atom stereocenters. The van der Waals surface area contributed by atoms with Crippen LogP contribution in [-0.2, 0) is 9.59 Å². The summed E-state index contributed by atoms with van der Waals surface area (Å²) in [6, 6.07) is 3.89. The van der Waals surface area contributed by atoms with E-state index in [9.17, 15) is 14.7 Å². The Labute approximate surface area is 139 Å². The number of carbonyl (C=O) groups is 2. The standard InChI is InChI=1S/C15H18Cl2N2O3/c16-10-4-5-12(11(17)8-10)18-14(20)9-13(15(21)22)19-6-2-1-3-7-19/h4-5,8,13H,1-3,6-7,9H2,(H,18,20)(H,21,22)/t13-/m0/s1. The molecule has 0 unspecified atom stereocenters. The van der Waals surface area contributed by atoms with Crippen molar-refractivity contribution in [2.75, 3.05) is 18.4 Å². The lowest BCUT2D eigenvalue weighted by atomic mass is 10.1. The number of carbonyl (C=O) groups excluding carboxylic acids is 2. The molecule has 5 nitrogen and oxygen atoms in total. The van der Waals surface area contributed by atoms with Crippen molar-refractivity contribution in [1.29, 1.82) is 0 Å². The number of halogens is 2. The van der Waals surface area contributed by atoms with Gasteiger partial charge in [-0.1, -0.05) is 23.2 Å². The molecule has 1 aromatic carbocycles. The Kier molecular flexibility index (Phi) is 6.06. The number of nitrogens with one attached hydrogen (secondary N) is 2. The quantitative estimate of drug-likeness (QED) is 0.817. The Bertz CT molecular complexity index is 560. The largest absolute Gasteiger partial charge is 0.544 e. The Morgan fingerprint density at radius 3 is 2.50 bits per heavy atom. The molecule has 1 saturated heterocycles. The van der Waals surface area contributed by atoms with E-state index in [0.29, 0.717) is 15.7 Å². The Morgan fingerprint density at radius 1 is 1.23 bits per heavy atom. The van der Waals surface area contributed by atoms with Crippen molar-refractivity contribution < 1.29 is 19.6 Å². The number of anilines is 1. The van der Waals surface area contributed by atoms with Crippen molar-refractivity contribution in [3.63, 3.8) is 0 Å². The lowest BCUT2D eigenvalue weighted by Gasteiger charge is -2.31. The van der Waals surface area contributed by atoms with Gasteiger partial charge in [0.25, 0.3) is 0 Å². The summed E-state index contributed by atoms with van der Waals surface area (Å²) in [6.07, 6.45) is 2.93. The van der Waals surface area contributed by atoms with Gasteiger partial charge in [-0.15, -0.1) is 0 Å². The SMILES string of the molecule is O=C(C[C@@H](C(=O)[O-])[NH+]1CCCCC1)Nc1ccc(Cl)cc1Cl. The maximum atomic E-state index is 12.1. The van der Waals surface area contributed by atoms with E-state index in [2.05, 4.69) is 5.32 Å². The number of hydrogen-bond acceptors (Lipinski definition) is 3. The molecule has 0 saturated carbocycles. The van der Waals surface area contributed by atoms with E-state index in [4.69, 9.17) is 23.2 Å². The highest BCUT2D eigenvalue weighted by molar-refractivity contribution is 6.36. The molecule has 0 aromatic heterocycles. The molecule has 1 fully saturated rings. The maximum Gasteiger partial charge on any atom is 0.230 e. The van der Waals surface area contributed by atoms with E-state index in [1.165, 1.54) is 6.07 Å². The summed E-state index contributed by atoms with van der Waals surface area (Å²) in [5, 5.41) is 14.8. The van der Waals surface area contributed by atoms with Crippen LogP contribution in [0.25, 0.3) is 0 Å². The van der Waals surface area contributed by atoms with Crippen LogP contribution in [0.1, 0.15) is 25.7 Å². The Balaban J connectivity index is 2.00. The van der Waals surface area contributed by atoms with Crippen molar-refractivity contribution in [2.45, 2.75) is 31.7 Å². The summed E-state index contributed by atoms with van der Waals surface area (Å²) >= 11 is 11.8. The predicted molar refractivity (Wildman–Crippen MR) is 83.1 cm³/mol. The smallest absolute Gasteiger partial charge is 0.230 e. The zero-order valence-electron chi connectivity index (χ0n) is 12.0. The maximum absolute atomic E-state index is 12.1. The third-order valence-corrected chi connectivity index (χ3v) is 4.42. The molecule has 0 radical (unpaired) electrons. The van der Waals surface area contributed by atoms with E-state index in [1.807, 2.05) is 0 Å². The molecule has 7 heteroatoms. The molecule has 1 aliphatic rings. The molecular weight excluding hydrogens is 327 g/mol. The Morgan fingerprint density at radius 2 is 1.91 bits per heavy atom. The van der Waals surface area contributed by atoms with Crippen LogP contribution >= 0.6 is 23.2 Å². The summed E-state index contributed by atoms with van der Waals surface area (Å²) in [5.74, 6) is -1.58. The van der Waals surface area contributed by atoms with Crippen molar-refractivity contribution in [3.8, 4) is 0 Å². The summed E-state index contributed by atoms with van der Waals surface area (Å²) in [7, 11) is 0. The minimum atomic E-state index is -1.19. The molecule has 0 aliphatic carbocycles. The highest BCUT2D eigenvalue weighted by Crippen LogP contribution is 2.25. The van der Waals surface area contributed by atoms with Crippen LogP contribution in [0.4, 0.5) is 5.69 Å². The minimum Gasteiger partial charge on any atom is -0.544 e. The number of carboxylic acid groups (broad SMARTS) is 1. The van der Waals surface area contributed by atoms with Gasteiger partial charge in [0, 0.05) is 5.02 Å². The van der Waals surface area contributed by atoms with Crippen molar-refractivity contribution in [2.24, 2.45) is 0 Å². The zero-order valence-corrected chi connectivity index (χ0v) is 13.5. The van der Waals surface area contributed by atoms with Crippen LogP contribution < -0.4 is 15.3 Å². The second-order valence-corrected chi connectivity index (χ2v) is 6.31. The van der Waals surface area contributed by atoms with Gasteiger partial charge < -0.3 is 20.1 Å². The van der Waals surface area contributed by atoms with Crippen molar-refractivity contribution >= 4 is 40.8 Å². The number of likely N-dealkylation sites (tertiary alicyclic amines) is 1. The molecule has 2 N–H and O–H groups in total. The topological polar surface area (TPSA) is 73.7 Å². The van der Waals surface area contributed by atoms with Gasteiger partial charge in [-0.2, -0.15) is 0 Å². The van der Waals surface area contributed by atoms with Gasteiger partial charge in [0.1, 0.15) is 6.04 Å². The molecule has 0 bridgehead atoms. The number of piperidine rings is 1.